The first-order valence-electron chi connectivity index (χ1n) is 7.16. The number of methoxy groups -OCH3 is 1. The monoisotopic (exact) mass is 244 g/mol. The highest BCUT2D eigenvalue weighted by atomic mass is 16.5. The minimum absolute atomic E-state index is 0.631. The lowest BCUT2D eigenvalue weighted by Gasteiger charge is -2.26. The molecule has 0 saturated carbocycles. The van der Waals surface area contributed by atoms with Crippen LogP contribution in [0, 0.1) is 0 Å². The predicted octanol–water partition coefficient (Wildman–Crippen LogP) is 2.51. The van der Waals surface area contributed by atoms with E-state index in [0.29, 0.717) is 6.04 Å². The molecular weight excluding hydrogens is 212 g/mol. The molecule has 104 valence electrons. The van der Waals surface area contributed by atoms with Gasteiger partial charge in [-0.05, 0) is 46.3 Å². The van der Waals surface area contributed by atoms with Crippen molar-refractivity contribution < 1.29 is 4.74 Å². The Morgan fingerprint density at radius 3 is 2.35 bits per heavy atom. The molecule has 0 radical (unpaired) electrons. The van der Waals surface area contributed by atoms with Crippen LogP contribution in [-0.4, -0.2) is 50.8 Å². The number of nitrogens with one attached hydrogen (secondary N) is 1. The molecule has 0 bridgehead atoms. The molecule has 3 nitrogen and oxygen atoms in total. The standard InChI is InChI=1S/C14H32N2O/c1-5-15-10-8-6-7-9-11-16(14(2)3)12-13-17-4/h14-15H,5-13H2,1-4H3. The molecule has 0 aromatic carbocycles. The second-order valence-electron chi connectivity index (χ2n) is 4.89. The van der Waals surface area contributed by atoms with E-state index in [2.05, 4.69) is 31.0 Å². The van der Waals surface area contributed by atoms with Crippen molar-refractivity contribution in [1.29, 1.82) is 0 Å². The molecule has 1 N–H and O–H groups in total. The van der Waals surface area contributed by atoms with Crippen LogP contribution in [0.25, 0.3) is 0 Å². The molecule has 0 aromatic rings. The van der Waals surface area contributed by atoms with Crippen LogP contribution >= 0.6 is 0 Å². The third-order valence-corrected chi connectivity index (χ3v) is 3.11. The summed E-state index contributed by atoms with van der Waals surface area (Å²) in [6.45, 7) is 12.1. The van der Waals surface area contributed by atoms with Gasteiger partial charge in [-0.25, -0.2) is 0 Å². The van der Waals surface area contributed by atoms with Gasteiger partial charge in [0, 0.05) is 19.7 Å². The molecule has 0 heterocycles. The second-order valence-corrected chi connectivity index (χ2v) is 4.89. The van der Waals surface area contributed by atoms with Crippen LogP contribution < -0.4 is 5.32 Å². The zero-order valence-electron chi connectivity index (χ0n) is 12.3. The minimum Gasteiger partial charge on any atom is -0.383 e. The zero-order valence-corrected chi connectivity index (χ0v) is 12.3. The van der Waals surface area contributed by atoms with Crippen molar-refractivity contribution >= 4 is 0 Å². The fourth-order valence-corrected chi connectivity index (χ4v) is 1.93. The van der Waals surface area contributed by atoms with E-state index >= 15 is 0 Å². The fourth-order valence-electron chi connectivity index (χ4n) is 1.93. The molecule has 0 amide bonds. The van der Waals surface area contributed by atoms with Crippen LogP contribution in [0.15, 0.2) is 0 Å². The van der Waals surface area contributed by atoms with Gasteiger partial charge in [0.25, 0.3) is 0 Å². The summed E-state index contributed by atoms with van der Waals surface area (Å²) < 4.78 is 5.14. The van der Waals surface area contributed by atoms with Crippen molar-refractivity contribution in [3.05, 3.63) is 0 Å². The molecule has 0 fully saturated rings. The van der Waals surface area contributed by atoms with Gasteiger partial charge in [-0.2, -0.15) is 0 Å². The number of unbranched alkanes of at least 4 members (excludes halogenated alkanes) is 3. The third-order valence-electron chi connectivity index (χ3n) is 3.11. The highest BCUT2D eigenvalue weighted by Gasteiger charge is 2.07. The van der Waals surface area contributed by atoms with E-state index in [4.69, 9.17) is 4.74 Å². The van der Waals surface area contributed by atoms with Gasteiger partial charge in [-0.3, -0.25) is 4.90 Å². The van der Waals surface area contributed by atoms with Crippen LogP contribution in [0.4, 0.5) is 0 Å². The summed E-state index contributed by atoms with van der Waals surface area (Å²) in [7, 11) is 1.78. The van der Waals surface area contributed by atoms with Gasteiger partial charge in [0.15, 0.2) is 0 Å². The molecule has 0 aliphatic heterocycles. The highest BCUT2D eigenvalue weighted by Crippen LogP contribution is 2.04. The lowest BCUT2D eigenvalue weighted by atomic mass is 10.1. The molecule has 0 aliphatic carbocycles. The van der Waals surface area contributed by atoms with E-state index in [1.807, 2.05) is 0 Å². The van der Waals surface area contributed by atoms with E-state index in [1.165, 1.54) is 38.8 Å². The maximum atomic E-state index is 5.14. The highest BCUT2D eigenvalue weighted by molar-refractivity contribution is 4.62. The van der Waals surface area contributed by atoms with Gasteiger partial charge in [0.1, 0.15) is 0 Å². The molecule has 0 unspecified atom stereocenters. The molecule has 0 rings (SSSR count). The molecule has 0 spiro atoms. The Balaban J connectivity index is 3.41. The van der Waals surface area contributed by atoms with E-state index in [9.17, 15) is 0 Å². The SMILES string of the molecule is CCNCCCCCCN(CCOC)C(C)C. The summed E-state index contributed by atoms with van der Waals surface area (Å²) in [5.41, 5.74) is 0. The van der Waals surface area contributed by atoms with E-state index < -0.39 is 0 Å². The quantitative estimate of drug-likeness (QED) is 0.534. The largest absolute Gasteiger partial charge is 0.383 e. The summed E-state index contributed by atoms with van der Waals surface area (Å²) in [5, 5.41) is 3.37. The van der Waals surface area contributed by atoms with Crippen LogP contribution in [0.5, 0.6) is 0 Å². The normalized spacial score (nSPS) is 11.6. The Labute approximate surface area is 108 Å². The predicted molar refractivity (Wildman–Crippen MR) is 75.6 cm³/mol. The van der Waals surface area contributed by atoms with E-state index in [-0.39, 0.29) is 0 Å². The van der Waals surface area contributed by atoms with Crippen molar-refractivity contribution in [1.82, 2.24) is 10.2 Å². The maximum absolute atomic E-state index is 5.14. The molecule has 0 aromatic heterocycles. The molecule has 0 saturated heterocycles. The number of nitrogens with zero attached hydrogens (tertiary/aromatic N) is 1. The molecule has 3 heteroatoms. The van der Waals surface area contributed by atoms with Crippen LogP contribution in [0.3, 0.4) is 0 Å². The average molecular weight is 244 g/mol. The number of hydrogen-bond acceptors (Lipinski definition) is 3. The molecular formula is C14H32N2O. The molecule has 17 heavy (non-hydrogen) atoms. The summed E-state index contributed by atoms with van der Waals surface area (Å²) >= 11 is 0. The lowest BCUT2D eigenvalue weighted by Crippen LogP contribution is -2.34. The number of rotatable bonds is 12. The summed E-state index contributed by atoms with van der Waals surface area (Å²) in [6.07, 6.45) is 5.33. The van der Waals surface area contributed by atoms with Crippen LogP contribution in [0.1, 0.15) is 46.5 Å². The molecule has 0 atom stereocenters. The maximum Gasteiger partial charge on any atom is 0.0589 e. The average Bonchev–Trinajstić information content (AvgIpc) is 2.31. The number of hydrogen-bond donors (Lipinski definition) is 1. The third kappa shape index (κ3) is 10.7. The van der Waals surface area contributed by atoms with Gasteiger partial charge in [-0.1, -0.05) is 19.8 Å². The van der Waals surface area contributed by atoms with Gasteiger partial charge in [0.2, 0.25) is 0 Å². The lowest BCUT2D eigenvalue weighted by molar-refractivity contribution is 0.128. The van der Waals surface area contributed by atoms with Crippen molar-refractivity contribution in [3.63, 3.8) is 0 Å². The summed E-state index contributed by atoms with van der Waals surface area (Å²) in [5.74, 6) is 0. The summed E-state index contributed by atoms with van der Waals surface area (Å²) in [6, 6.07) is 0.631. The van der Waals surface area contributed by atoms with Gasteiger partial charge in [0.05, 0.1) is 6.61 Å². The smallest absolute Gasteiger partial charge is 0.0589 e. The molecule has 0 aliphatic rings. The fraction of sp³-hybridized carbons (Fsp3) is 1.00. The Morgan fingerprint density at radius 2 is 1.76 bits per heavy atom. The Morgan fingerprint density at radius 1 is 1.06 bits per heavy atom. The van der Waals surface area contributed by atoms with Gasteiger partial charge in [-0.15, -0.1) is 0 Å². The summed E-state index contributed by atoms with van der Waals surface area (Å²) in [4.78, 5) is 2.51. The minimum atomic E-state index is 0.631. The Hall–Kier alpha value is -0.120. The van der Waals surface area contributed by atoms with E-state index in [1.54, 1.807) is 7.11 Å². The second kappa shape index (κ2) is 12.3. The van der Waals surface area contributed by atoms with Crippen LogP contribution in [0.2, 0.25) is 0 Å². The van der Waals surface area contributed by atoms with Crippen LogP contribution in [-0.2, 0) is 4.74 Å². The van der Waals surface area contributed by atoms with Crippen molar-refractivity contribution in [2.24, 2.45) is 0 Å². The topological polar surface area (TPSA) is 24.5 Å². The van der Waals surface area contributed by atoms with Crippen molar-refractivity contribution in [2.75, 3.05) is 39.9 Å². The Kier molecular flexibility index (Phi) is 12.3. The Bertz CT molecular complexity index is 151. The first kappa shape index (κ1) is 16.9. The first-order valence-corrected chi connectivity index (χ1v) is 7.16. The van der Waals surface area contributed by atoms with Crippen molar-refractivity contribution in [2.45, 2.75) is 52.5 Å². The van der Waals surface area contributed by atoms with Crippen molar-refractivity contribution in [3.8, 4) is 0 Å². The van der Waals surface area contributed by atoms with Gasteiger partial charge < -0.3 is 10.1 Å². The number of ether oxygens (including phenoxy) is 1. The first-order chi connectivity index (χ1) is 8.22. The zero-order chi connectivity index (χ0) is 12.9. The van der Waals surface area contributed by atoms with E-state index in [0.717, 1.165) is 19.7 Å². The van der Waals surface area contributed by atoms with Gasteiger partial charge >= 0.3 is 0 Å².